The number of nitrogens with one attached hydrogen (secondary N) is 1. The maximum Gasteiger partial charge on any atom is 0.332 e. The van der Waals surface area contributed by atoms with E-state index in [1.807, 2.05) is 13.8 Å². The number of hydrogen-bond donors (Lipinski definition) is 2. The number of aromatic nitrogens is 3. The number of H-pyrrole nitrogens is 1. The summed E-state index contributed by atoms with van der Waals surface area (Å²) in [6.07, 6.45) is 2.29. The fraction of sp³-hybridized carbons (Fsp3) is 0.346. The lowest BCUT2D eigenvalue weighted by molar-refractivity contribution is -0.153. The minimum absolute atomic E-state index is 0.0480. The van der Waals surface area contributed by atoms with Gasteiger partial charge < -0.3 is 14.4 Å². The van der Waals surface area contributed by atoms with Gasteiger partial charge in [0, 0.05) is 39.9 Å². The van der Waals surface area contributed by atoms with Crippen molar-refractivity contribution in [3.63, 3.8) is 0 Å². The number of rotatable bonds is 5. The van der Waals surface area contributed by atoms with Crippen molar-refractivity contribution in [2.75, 3.05) is 6.61 Å². The van der Waals surface area contributed by atoms with Gasteiger partial charge in [-0.1, -0.05) is 13.8 Å². The van der Waals surface area contributed by atoms with Gasteiger partial charge in [0.25, 0.3) is 0 Å². The van der Waals surface area contributed by atoms with Crippen LogP contribution in [0.1, 0.15) is 50.3 Å². The van der Waals surface area contributed by atoms with Gasteiger partial charge in [-0.25, -0.2) is 9.18 Å². The number of carbonyl (C=O) groups is 1. The number of nitriles is 1. The standard InChI is InChI=1S/C26H25FN4O3/c1-26(2,9-10-28)24-23(15-3-8-22(25(32)33)34-14-15)19-12-20-16(13-29-30-20)11-21(19)31(24)18-6-4-17(27)5-7-18/h4-7,11-13,15,22H,3,8-9,14H2,1-2H3,(H,29,30)(H,32,33)/t15-,22+/m1/s1. The van der Waals surface area contributed by atoms with Crippen molar-refractivity contribution in [3.8, 4) is 11.8 Å². The number of fused-ring (bicyclic) bond motifs is 2. The monoisotopic (exact) mass is 460 g/mol. The summed E-state index contributed by atoms with van der Waals surface area (Å²) in [5.41, 5.74) is 4.07. The summed E-state index contributed by atoms with van der Waals surface area (Å²) in [5, 5.41) is 28.2. The molecular formula is C26H25FN4O3. The summed E-state index contributed by atoms with van der Waals surface area (Å²) in [6, 6.07) is 12.8. The molecule has 34 heavy (non-hydrogen) atoms. The Morgan fingerprint density at radius 2 is 2.09 bits per heavy atom. The largest absolute Gasteiger partial charge is 0.479 e. The molecule has 8 heteroatoms. The van der Waals surface area contributed by atoms with E-state index in [4.69, 9.17) is 4.74 Å². The number of aliphatic carboxylic acids is 1. The molecule has 174 valence electrons. The maximum absolute atomic E-state index is 13.8. The number of carboxylic acid groups (broad SMARTS) is 1. The van der Waals surface area contributed by atoms with Crippen molar-refractivity contribution in [1.29, 1.82) is 5.26 Å². The Balaban J connectivity index is 1.82. The van der Waals surface area contributed by atoms with Crippen LogP contribution in [0.5, 0.6) is 0 Å². The van der Waals surface area contributed by atoms with Gasteiger partial charge in [-0.05, 0) is 54.8 Å². The van der Waals surface area contributed by atoms with Crippen LogP contribution in [0.3, 0.4) is 0 Å². The molecule has 0 unspecified atom stereocenters. The van der Waals surface area contributed by atoms with E-state index in [1.54, 1.807) is 18.3 Å². The van der Waals surface area contributed by atoms with Crippen molar-refractivity contribution in [1.82, 2.24) is 14.8 Å². The third kappa shape index (κ3) is 3.62. The van der Waals surface area contributed by atoms with Gasteiger partial charge in [0.15, 0.2) is 6.10 Å². The Hall–Kier alpha value is -3.70. The van der Waals surface area contributed by atoms with Crippen molar-refractivity contribution in [2.45, 2.75) is 50.5 Å². The first-order chi connectivity index (χ1) is 16.3. The van der Waals surface area contributed by atoms with Crippen LogP contribution in [0.15, 0.2) is 42.6 Å². The highest BCUT2D eigenvalue weighted by Gasteiger charge is 2.37. The van der Waals surface area contributed by atoms with E-state index < -0.39 is 17.5 Å². The van der Waals surface area contributed by atoms with E-state index in [2.05, 4.69) is 33.0 Å². The van der Waals surface area contributed by atoms with Gasteiger partial charge in [0.1, 0.15) is 5.82 Å². The molecule has 0 radical (unpaired) electrons. The molecule has 0 saturated carbocycles. The molecule has 2 N–H and O–H groups in total. The average molecular weight is 461 g/mol. The molecule has 7 nitrogen and oxygen atoms in total. The van der Waals surface area contributed by atoms with Crippen molar-refractivity contribution >= 4 is 27.8 Å². The van der Waals surface area contributed by atoms with E-state index in [-0.39, 0.29) is 24.8 Å². The number of hydrogen-bond acceptors (Lipinski definition) is 4. The fourth-order valence-electron chi connectivity index (χ4n) is 5.14. The first-order valence-electron chi connectivity index (χ1n) is 11.3. The van der Waals surface area contributed by atoms with Crippen LogP contribution >= 0.6 is 0 Å². The highest BCUT2D eigenvalue weighted by atomic mass is 19.1. The number of benzene rings is 2. The predicted molar refractivity (Wildman–Crippen MR) is 125 cm³/mol. The third-order valence-corrected chi connectivity index (χ3v) is 6.77. The van der Waals surface area contributed by atoms with Crippen LogP contribution in [0.25, 0.3) is 27.5 Å². The normalized spacial score (nSPS) is 18.9. The smallest absolute Gasteiger partial charge is 0.332 e. The van der Waals surface area contributed by atoms with Crippen LogP contribution in [0.2, 0.25) is 0 Å². The van der Waals surface area contributed by atoms with Gasteiger partial charge in [0.2, 0.25) is 0 Å². The predicted octanol–water partition coefficient (Wildman–Crippen LogP) is 5.18. The molecule has 0 aliphatic carbocycles. The molecule has 0 bridgehead atoms. The summed E-state index contributed by atoms with van der Waals surface area (Å²) in [7, 11) is 0. The van der Waals surface area contributed by atoms with E-state index in [1.165, 1.54) is 12.1 Å². The Morgan fingerprint density at radius 1 is 1.32 bits per heavy atom. The van der Waals surface area contributed by atoms with E-state index >= 15 is 0 Å². The summed E-state index contributed by atoms with van der Waals surface area (Å²) in [5.74, 6) is -1.32. The van der Waals surface area contributed by atoms with Gasteiger partial charge in [-0.3, -0.25) is 5.10 Å². The molecule has 4 aromatic rings. The van der Waals surface area contributed by atoms with E-state index in [9.17, 15) is 19.6 Å². The molecule has 3 heterocycles. The third-order valence-electron chi connectivity index (χ3n) is 6.77. The van der Waals surface area contributed by atoms with E-state index in [0.717, 1.165) is 38.8 Å². The quantitative estimate of drug-likeness (QED) is 0.427. The molecule has 1 aliphatic rings. The maximum atomic E-state index is 13.8. The Bertz CT molecular complexity index is 1420. The lowest BCUT2D eigenvalue weighted by atomic mass is 9.78. The van der Waals surface area contributed by atoms with Crippen LogP contribution in [0, 0.1) is 17.1 Å². The van der Waals surface area contributed by atoms with Crippen molar-refractivity contribution in [3.05, 3.63) is 59.7 Å². The second kappa shape index (κ2) is 8.26. The molecule has 1 aliphatic heterocycles. The van der Waals surface area contributed by atoms with Crippen molar-refractivity contribution < 1.29 is 19.0 Å². The van der Waals surface area contributed by atoms with Gasteiger partial charge in [-0.2, -0.15) is 10.4 Å². The van der Waals surface area contributed by atoms with Gasteiger partial charge in [0.05, 0.1) is 29.9 Å². The van der Waals surface area contributed by atoms with E-state index in [0.29, 0.717) is 12.8 Å². The van der Waals surface area contributed by atoms with Crippen LogP contribution in [-0.4, -0.2) is 38.6 Å². The molecule has 0 spiro atoms. The fourth-order valence-corrected chi connectivity index (χ4v) is 5.14. The summed E-state index contributed by atoms with van der Waals surface area (Å²) in [6.45, 7) is 4.34. The number of carboxylic acids is 1. The van der Waals surface area contributed by atoms with Crippen LogP contribution < -0.4 is 0 Å². The molecule has 5 rings (SSSR count). The average Bonchev–Trinajstić information content (AvgIpc) is 3.40. The molecule has 1 fully saturated rings. The topological polar surface area (TPSA) is 104 Å². The van der Waals surface area contributed by atoms with Gasteiger partial charge >= 0.3 is 5.97 Å². The minimum Gasteiger partial charge on any atom is -0.479 e. The first kappa shape index (κ1) is 22.1. The number of ether oxygens (including phenoxy) is 1. The number of halogens is 1. The number of aromatic amines is 1. The molecule has 2 atom stereocenters. The highest BCUT2D eigenvalue weighted by molar-refractivity contribution is 5.99. The lowest BCUT2D eigenvalue weighted by Crippen LogP contribution is -2.32. The molecule has 2 aromatic carbocycles. The number of nitrogens with zero attached hydrogens (tertiary/aromatic N) is 3. The van der Waals surface area contributed by atoms with Crippen LogP contribution in [0.4, 0.5) is 4.39 Å². The molecule has 0 amide bonds. The second-order valence-electron chi connectivity index (χ2n) is 9.55. The molecule has 2 aromatic heterocycles. The molecule has 1 saturated heterocycles. The second-order valence-corrected chi connectivity index (χ2v) is 9.55. The zero-order chi connectivity index (χ0) is 24.0. The highest BCUT2D eigenvalue weighted by Crippen LogP contribution is 2.45. The lowest BCUT2D eigenvalue weighted by Gasteiger charge is -2.32. The SMILES string of the molecule is CC(C)(CC#N)c1c([C@@H]2CC[C@@H](C(=O)O)OC2)c2cc3[nH]ncc3cc2n1-c1ccc(F)cc1. The Kier molecular flexibility index (Phi) is 5.37. The summed E-state index contributed by atoms with van der Waals surface area (Å²) >= 11 is 0. The van der Waals surface area contributed by atoms with Crippen LogP contribution in [-0.2, 0) is 14.9 Å². The summed E-state index contributed by atoms with van der Waals surface area (Å²) in [4.78, 5) is 11.4. The minimum atomic E-state index is -0.948. The van der Waals surface area contributed by atoms with Crippen molar-refractivity contribution in [2.24, 2.45) is 0 Å². The first-order valence-corrected chi connectivity index (χ1v) is 11.3. The molecular weight excluding hydrogens is 435 g/mol. The van der Waals surface area contributed by atoms with Gasteiger partial charge in [-0.15, -0.1) is 0 Å². The zero-order valence-electron chi connectivity index (χ0n) is 19.0. The summed E-state index contributed by atoms with van der Waals surface area (Å²) < 4.78 is 21.7. The Morgan fingerprint density at radius 3 is 2.74 bits per heavy atom. The Labute approximate surface area is 195 Å². The zero-order valence-corrected chi connectivity index (χ0v) is 19.0.